The molecular formula is C17H16O6. The van der Waals surface area contributed by atoms with E-state index < -0.39 is 5.78 Å². The average molecular weight is 316 g/mol. The summed E-state index contributed by atoms with van der Waals surface area (Å²) in [6, 6.07) is 7.04. The van der Waals surface area contributed by atoms with E-state index in [9.17, 15) is 20.1 Å². The van der Waals surface area contributed by atoms with Gasteiger partial charge in [0.25, 0.3) is 0 Å². The Morgan fingerprint density at radius 2 is 1.61 bits per heavy atom. The van der Waals surface area contributed by atoms with Gasteiger partial charge in [-0.2, -0.15) is 0 Å². The largest absolute Gasteiger partial charge is 0.507 e. The highest BCUT2D eigenvalue weighted by Crippen LogP contribution is 2.36. The number of ketones is 1. The lowest BCUT2D eigenvalue weighted by Gasteiger charge is -2.07. The van der Waals surface area contributed by atoms with Crippen molar-refractivity contribution < 1.29 is 29.6 Å². The van der Waals surface area contributed by atoms with Crippen LogP contribution in [0.15, 0.2) is 36.4 Å². The van der Waals surface area contributed by atoms with Crippen LogP contribution in [0.25, 0.3) is 6.08 Å². The fourth-order valence-electron chi connectivity index (χ4n) is 2.03. The van der Waals surface area contributed by atoms with Gasteiger partial charge in [0.2, 0.25) is 5.75 Å². The molecule has 0 spiro atoms. The van der Waals surface area contributed by atoms with Crippen molar-refractivity contribution >= 4 is 11.9 Å². The van der Waals surface area contributed by atoms with E-state index in [0.29, 0.717) is 11.3 Å². The van der Waals surface area contributed by atoms with Crippen LogP contribution in [0.2, 0.25) is 0 Å². The first kappa shape index (κ1) is 16.2. The van der Waals surface area contributed by atoms with E-state index in [2.05, 4.69) is 0 Å². The normalized spacial score (nSPS) is 10.7. The number of carbonyl (C=O) groups excluding carboxylic acids is 1. The van der Waals surface area contributed by atoms with Crippen molar-refractivity contribution in [3.05, 3.63) is 47.5 Å². The van der Waals surface area contributed by atoms with Crippen molar-refractivity contribution in [2.75, 3.05) is 14.2 Å². The zero-order valence-electron chi connectivity index (χ0n) is 12.6. The number of methoxy groups -OCH3 is 2. The number of phenols is 3. The summed E-state index contributed by atoms with van der Waals surface area (Å²) in [5, 5.41) is 29.2. The number of phenolic OH excluding ortho intramolecular Hbond substituents is 3. The summed E-state index contributed by atoms with van der Waals surface area (Å²) in [5.74, 6) is -0.715. The molecule has 2 aromatic rings. The van der Waals surface area contributed by atoms with Crippen molar-refractivity contribution in [3.63, 3.8) is 0 Å². The van der Waals surface area contributed by atoms with Gasteiger partial charge >= 0.3 is 0 Å². The van der Waals surface area contributed by atoms with E-state index in [1.54, 1.807) is 6.07 Å². The molecular weight excluding hydrogens is 300 g/mol. The first-order valence-electron chi connectivity index (χ1n) is 6.65. The first-order valence-corrected chi connectivity index (χ1v) is 6.65. The van der Waals surface area contributed by atoms with Crippen molar-refractivity contribution in [1.29, 1.82) is 0 Å². The molecule has 0 atom stereocenters. The molecule has 0 bridgehead atoms. The molecule has 6 heteroatoms. The summed E-state index contributed by atoms with van der Waals surface area (Å²) < 4.78 is 9.78. The van der Waals surface area contributed by atoms with Crippen LogP contribution in [0.5, 0.6) is 28.7 Å². The van der Waals surface area contributed by atoms with Crippen LogP contribution in [0, 0.1) is 0 Å². The Kier molecular flexibility index (Phi) is 4.75. The van der Waals surface area contributed by atoms with E-state index in [4.69, 9.17) is 9.47 Å². The standard InChI is InChI=1S/C17H16O6/c1-22-11-4-5-12(14(19)9-11)13(18)6-3-10-7-15(20)17(23-2)16(21)8-10/h3-9,19-21H,1-2H3/b6-3+. The number of hydrogen-bond donors (Lipinski definition) is 3. The molecule has 0 aliphatic rings. The molecule has 0 aliphatic carbocycles. The fraction of sp³-hybridized carbons (Fsp3) is 0.118. The summed E-state index contributed by atoms with van der Waals surface area (Å²) in [5.41, 5.74) is 0.520. The maximum absolute atomic E-state index is 12.1. The van der Waals surface area contributed by atoms with Crippen LogP contribution >= 0.6 is 0 Å². The van der Waals surface area contributed by atoms with Gasteiger partial charge in [0.15, 0.2) is 17.3 Å². The smallest absolute Gasteiger partial charge is 0.202 e. The van der Waals surface area contributed by atoms with Crippen molar-refractivity contribution in [3.8, 4) is 28.7 Å². The van der Waals surface area contributed by atoms with Crippen molar-refractivity contribution in [2.45, 2.75) is 0 Å². The highest BCUT2D eigenvalue weighted by atomic mass is 16.5. The van der Waals surface area contributed by atoms with Crippen LogP contribution in [-0.4, -0.2) is 35.3 Å². The Morgan fingerprint density at radius 3 is 2.13 bits per heavy atom. The number of carbonyl (C=O) groups is 1. The quantitative estimate of drug-likeness (QED) is 0.580. The fourth-order valence-corrected chi connectivity index (χ4v) is 2.03. The molecule has 0 saturated carbocycles. The zero-order chi connectivity index (χ0) is 17.0. The maximum Gasteiger partial charge on any atom is 0.202 e. The molecule has 0 radical (unpaired) electrons. The summed E-state index contributed by atoms with van der Waals surface area (Å²) in [7, 11) is 2.78. The number of hydrogen-bond acceptors (Lipinski definition) is 6. The van der Waals surface area contributed by atoms with E-state index in [-0.39, 0.29) is 28.6 Å². The molecule has 0 saturated heterocycles. The van der Waals surface area contributed by atoms with Crippen molar-refractivity contribution in [2.24, 2.45) is 0 Å². The highest BCUT2D eigenvalue weighted by Gasteiger charge is 2.11. The second-order valence-electron chi connectivity index (χ2n) is 4.67. The third-order valence-corrected chi connectivity index (χ3v) is 3.17. The van der Waals surface area contributed by atoms with Gasteiger partial charge in [0.1, 0.15) is 11.5 Å². The molecule has 3 N–H and O–H groups in total. The summed E-state index contributed by atoms with van der Waals surface area (Å²) >= 11 is 0. The van der Waals surface area contributed by atoms with Gasteiger partial charge < -0.3 is 24.8 Å². The van der Waals surface area contributed by atoms with Gasteiger partial charge in [-0.05, 0) is 35.9 Å². The van der Waals surface area contributed by atoms with E-state index in [0.717, 1.165) is 0 Å². The lowest BCUT2D eigenvalue weighted by molar-refractivity contribution is 0.104. The van der Waals surface area contributed by atoms with Crippen LogP contribution in [0.1, 0.15) is 15.9 Å². The van der Waals surface area contributed by atoms with Gasteiger partial charge in [-0.15, -0.1) is 0 Å². The molecule has 0 heterocycles. The molecule has 23 heavy (non-hydrogen) atoms. The van der Waals surface area contributed by atoms with E-state index in [1.807, 2.05) is 0 Å². The molecule has 0 aliphatic heterocycles. The minimum atomic E-state index is -0.431. The molecule has 0 aromatic heterocycles. The number of aromatic hydroxyl groups is 3. The Hall–Kier alpha value is -3.15. The number of allylic oxidation sites excluding steroid dienone is 1. The SMILES string of the molecule is COc1ccc(C(=O)/C=C/c2cc(O)c(OC)c(O)c2)c(O)c1. The van der Waals surface area contributed by atoms with Crippen LogP contribution in [0.3, 0.4) is 0 Å². The van der Waals surface area contributed by atoms with Gasteiger partial charge in [0, 0.05) is 6.07 Å². The average Bonchev–Trinajstić information content (AvgIpc) is 2.52. The van der Waals surface area contributed by atoms with Gasteiger partial charge in [-0.3, -0.25) is 4.79 Å². The Morgan fingerprint density at radius 1 is 0.957 bits per heavy atom. The number of ether oxygens (including phenoxy) is 2. The molecule has 2 rings (SSSR count). The second-order valence-corrected chi connectivity index (χ2v) is 4.67. The Bertz CT molecular complexity index is 741. The highest BCUT2D eigenvalue weighted by molar-refractivity contribution is 6.08. The molecule has 120 valence electrons. The maximum atomic E-state index is 12.1. The monoisotopic (exact) mass is 316 g/mol. The first-order chi connectivity index (χ1) is 11.0. The predicted molar refractivity (Wildman–Crippen MR) is 84.3 cm³/mol. The zero-order valence-corrected chi connectivity index (χ0v) is 12.6. The predicted octanol–water partition coefficient (Wildman–Crippen LogP) is 2.72. The number of benzene rings is 2. The van der Waals surface area contributed by atoms with Crippen molar-refractivity contribution in [1.82, 2.24) is 0 Å². The number of rotatable bonds is 5. The Labute approximate surface area is 132 Å². The van der Waals surface area contributed by atoms with Gasteiger partial charge in [-0.1, -0.05) is 6.08 Å². The van der Waals surface area contributed by atoms with Gasteiger partial charge in [-0.25, -0.2) is 0 Å². The summed E-state index contributed by atoms with van der Waals surface area (Å²) in [6.07, 6.45) is 2.63. The Balaban J connectivity index is 2.25. The second kappa shape index (κ2) is 6.74. The molecule has 0 amide bonds. The summed E-state index contributed by atoms with van der Waals surface area (Å²) in [4.78, 5) is 12.1. The molecule has 0 unspecified atom stereocenters. The van der Waals surface area contributed by atoms with Crippen LogP contribution in [-0.2, 0) is 0 Å². The van der Waals surface area contributed by atoms with Gasteiger partial charge in [0.05, 0.1) is 19.8 Å². The lowest BCUT2D eigenvalue weighted by Crippen LogP contribution is -1.95. The minimum absolute atomic E-state index is 0.0405. The van der Waals surface area contributed by atoms with Crippen LogP contribution < -0.4 is 9.47 Å². The molecule has 6 nitrogen and oxygen atoms in total. The summed E-state index contributed by atoms with van der Waals surface area (Å²) in [6.45, 7) is 0. The molecule has 2 aromatic carbocycles. The minimum Gasteiger partial charge on any atom is -0.507 e. The van der Waals surface area contributed by atoms with Crippen LogP contribution in [0.4, 0.5) is 0 Å². The molecule has 0 fully saturated rings. The topological polar surface area (TPSA) is 96.2 Å². The third kappa shape index (κ3) is 3.55. The lowest BCUT2D eigenvalue weighted by atomic mass is 10.1. The van der Waals surface area contributed by atoms with E-state index in [1.165, 1.54) is 50.6 Å². The van der Waals surface area contributed by atoms with E-state index >= 15 is 0 Å². The third-order valence-electron chi connectivity index (χ3n) is 3.17.